The molecule has 0 heterocycles. The lowest BCUT2D eigenvalue weighted by molar-refractivity contribution is -0.139. The Hall–Kier alpha value is -2.08. The number of phenols is 1. The molecule has 1 aromatic rings. The lowest BCUT2D eigenvalue weighted by Crippen LogP contribution is -2.41. The Labute approximate surface area is 121 Å². The van der Waals surface area contributed by atoms with E-state index in [0.717, 1.165) is 6.42 Å². The molecule has 108 valence electrons. The van der Waals surface area contributed by atoms with Gasteiger partial charge in [-0.3, -0.25) is 9.59 Å². The highest BCUT2D eigenvalue weighted by Crippen LogP contribution is 2.19. The predicted octanol–water partition coefficient (Wildman–Crippen LogP) is 1.41. The van der Waals surface area contributed by atoms with Crippen molar-refractivity contribution in [2.24, 2.45) is 5.10 Å². The Morgan fingerprint density at radius 3 is 2.80 bits per heavy atom. The summed E-state index contributed by atoms with van der Waals surface area (Å²) in [4.78, 5) is 22.8. The molecular formula is C13H16ClN3O3. The highest BCUT2D eigenvalue weighted by atomic mass is 35.5. The summed E-state index contributed by atoms with van der Waals surface area (Å²) in [7, 11) is 0. The summed E-state index contributed by atoms with van der Waals surface area (Å²) in [5.41, 5.74) is 2.40. The SMILES string of the molecule is CC[C@H](C)NC(=O)C(=O)N/N=C\c1cc(Cl)ccc1O. The van der Waals surface area contributed by atoms with Crippen molar-refractivity contribution in [1.82, 2.24) is 10.7 Å². The predicted molar refractivity (Wildman–Crippen MR) is 76.7 cm³/mol. The van der Waals surface area contributed by atoms with Gasteiger partial charge in [0.2, 0.25) is 0 Å². The zero-order chi connectivity index (χ0) is 15.1. The van der Waals surface area contributed by atoms with Crippen molar-refractivity contribution < 1.29 is 14.7 Å². The third-order valence-electron chi connectivity index (χ3n) is 2.56. The number of nitrogens with one attached hydrogen (secondary N) is 2. The Kier molecular flexibility index (Phi) is 5.99. The number of hydrazone groups is 1. The van der Waals surface area contributed by atoms with Crippen molar-refractivity contribution in [1.29, 1.82) is 0 Å². The molecule has 0 bridgehead atoms. The van der Waals surface area contributed by atoms with Crippen molar-refractivity contribution in [3.05, 3.63) is 28.8 Å². The van der Waals surface area contributed by atoms with Crippen LogP contribution in [0.15, 0.2) is 23.3 Å². The fourth-order valence-corrected chi connectivity index (χ4v) is 1.41. The standard InChI is InChI=1S/C13H16ClN3O3/c1-3-8(2)16-12(19)13(20)17-15-7-9-6-10(14)4-5-11(9)18/h4-8,18H,3H2,1-2H3,(H,16,19)(H,17,20)/b15-7-/t8-/m0/s1. The first-order valence-corrected chi connectivity index (χ1v) is 6.44. The maximum absolute atomic E-state index is 11.4. The fraction of sp³-hybridized carbons (Fsp3) is 0.308. The van der Waals surface area contributed by atoms with Crippen LogP contribution in [0.5, 0.6) is 5.75 Å². The monoisotopic (exact) mass is 297 g/mol. The second-order valence-corrected chi connectivity index (χ2v) is 4.62. The molecule has 0 saturated heterocycles. The molecule has 0 unspecified atom stereocenters. The second kappa shape index (κ2) is 7.49. The molecule has 6 nitrogen and oxygen atoms in total. The zero-order valence-corrected chi connectivity index (χ0v) is 11.9. The molecule has 0 aliphatic rings. The molecule has 7 heteroatoms. The number of hydrogen-bond acceptors (Lipinski definition) is 4. The number of carbonyl (C=O) groups is 2. The summed E-state index contributed by atoms with van der Waals surface area (Å²) < 4.78 is 0. The van der Waals surface area contributed by atoms with E-state index in [0.29, 0.717) is 10.6 Å². The topological polar surface area (TPSA) is 90.8 Å². The molecule has 1 aromatic carbocycles. The first-order chi connectivity index (χ1) is 9.43. The summed E-state index contributed by atoms with van der Waals surface area (Å²) in [6, 6.07) is 4.31. The van der Waals surface area contributed by atoms with Gasteiger partial charge in [-0.05, 0) is 31.5 Å². The average Bonchev–Trinajstić information content (AvgIpc) is 2.42. The molecule has 0 aromatic heterocycles. The number of halogens is 1. The molecule has 0 aliphatic heterocycles. The van der Waals surface area contributed by atoms with Gasteiger partial charge in [0, 0.05) is 16.6 Å². The second-order valence-electron chi connectivity index (χ2n) is 4.19. The summed E-state index contributed by atoms with van der Waals surface area (Å²) in [6.07, 6.45) is 1.92. The van der Waals surface area contributed by atoms with Crippen molar-refractivity contribution in [2.45, 2.75) is 26.3 Å². The maximum Gasteiger partial charge on any atom is 0.329 e. The number of aromatic hydroxyl groups is 1. The van der Waals surface area contributed by atoms with Crippen molar-refractivity contribution >= 4 is 29.6 Å². The van der Waals surface area contributed by atoms with E-state index in [1.54, 1.807) is 6.92 Å². The van der Waals surface area contributed by atoms with E-state index in [-0.39, 0.29) is 11.8 Å². The van der Waals surface area contributed by atoms with Crippen LogP contribution in [0.2, 0.25) is 5.02 Å². The Morgan fingerprint density at radius 1 is 1.45 bits per heavy atom. The molecule has 0 spiro atoms. The quantitative estimate of drug-likeness (QED) is 0.446. The number of phenolic OH excluding ortho intramolecular Hbond substituents is 1. The van der Waals surface area contributed by atoms with Gasteiger partial charge >= 0.3 is 11.8 Å². The van der Waals surface area contributed by atoms with Gasteiger partial charge in [-0.1, -0.05) is 18.5 Å². The summed E-state index contributed by atoms with van der Waals surface area (Å²) in [5.74, 6) is -1.66. The Morgan fingerprint density at radius 2 is 2.15 bits per heavy atom. The largest absolute Gasteiger partial charge is 0.507 e. The van der Waals surface area contributed by atoms with Crippen LogP contribution in [0.3, 0.4) is 0 Å². The number of hydrogen-bond donors (Lipinski definition) is 3. The third-order valence-corrected chi connectivity index (χ3v) is 2.79. The molecule has 1 atom stereocenters. The molecule has 0 radical (unpaired) electrons. The molecule has 20 heavy (non-hydrogen) atoms. The lowest BCUT2D eigenvalue weighted by atomic mass is 10.2. The van der Waals surface area contributed by atoms with Gasteiger partial charge in [-0.2, -0.15) is 5.10 Å². The van der Waals surface area contributed by atoms with Gasteiger partial charge in [-0.25, -0.2) is 5.43 Å². The van der Waals surface area contributed by atoms with Gasteiger partial charge in [0.25, 0.3) is 0 Å². The van der Waals surface area contributed by atoms with Gasteiger partial charge in [0.1, 0.15) is 5.75 Å². The molecule has 2 amide bonds. The zero-order valence-electron chi connectivity index (χ0n) is 11.2. The number of benzene rings is 1. The van der Waals surface area contributed by atoms with Crippen LogP contribution >= 0.6 is 11.6 Å². The minimum Gasteiger partial charge on any atom is -0.507 e. The summed E-state index contributed by atoms with van der Waals surface area (Å²) >= 11 is 5.76. The van der Waals surface area contributed by atoms with Gasteiger partial charge in [0.05, 0.1) is 6.21 Å². The molecule has 3 N–H and O–H groups in total. The summed E-state index contributed by atoms with van der Waals surface area (Å²) in [5, 5.41) is 16.0. The molecular weight excluding hydrogens is 282 g/mol. The van der Waals surface area contributed by atoms with Crippen LogP contribution in [0.1, 0.15) is 25.8 Å². The van der Waals surface area contributed by atoms with Crippen LogP contribution in [0, 0.1) is 0 Å². The highest BCUT2D eigenvalue weighted by molar-refractivity contribution is 6.35. The fourth-order valence-electron chi connectivity index (χ4n) is 1.23. The lowest BCUT2D eigenvalue weighted by Gasteiger charge is -2.09. The van der Waals surface area contributed by atoms with Crippen LogP contribution in [0.4, 0.5) is 0 Å². The number of rotatable bonds is 4. The van der Waals surface area contributed by atoms with E-state index < -0.39 is 11.8 Å². The van der Waals surface area contributed by atoms with E-state index in [9.17, 15) is 14.7 Å². The van der Waals surface area contributed by atoms with E-state index in [1.807, 2.05) is 6.92 Å². The van der Waals surface area contributed by atoms with Gasteiger partial charge in [-0.15, -0.1) is 0 Å². The highest BCUT2D eigenvalue weighted by Gasteiger charge is 2.14. The molecule has 0 fully saturated rings. The first kappa shape index (κ1) is 16.0. The molecule has 1 rings (SSSR count). The minimum atomic E-state index is -0.872. The number of nitrogens with zero attached hydrogens (tertiary/aromatic N) is 1. The normalized spacial score (nSPS) is 12.2. The van der Waals surface area contributed by atoms with E-state index >= 15 is 0 Å². The van der Waals surface area contributed by atoms with Crippen molar-refractivity contribution in [3.8, 4) is 5.75 Å². The van der Waals surface area contributed by atoms with Crippen LogP contribution in [0.25, 0.3) is 0 Å². The molecule has 0 aliphatic carbocycles. The third kappa shape index (κ3) is 4.89. The van der Waals surface area contributed by atoms with E-state index in [2.05, 4.69) is 15.8 Å². The van der Waals surface area contributed by atoms with Crippen LogP contribution in [-0.2, 0) is 9.59 Å². The van der Waals surface area contributed by atoms with Crippen molar-refractivity contribution in [3.63, 3.8) is 0 Å². The van der Waals surface area contributed by atoms with Crippen LogP contribution in [-0.4, -0.2) is 29.2 Å². The van der Waals surface area contributed by atoms with E-state index in [4.69, 9.17) is 11.6 Å². The van der Waals surface area contributed by atoms with Crippen LogP contribution < -0.4 is 10.7 Å². The minimum absolute atomic E-state index is 0.0311. The Bertz CT molecular complexity index is 532. The first-order valence-electron chi connectivity index (χ1n) is 6.06. The smallest absolute Gasteiger partial charge is 0.329 e. The maximum atomic E-state index is 11.4. The van der Waals surface area contributed by atoms with Gasteiger partial charge in [0.15, 0.2) is 0 Å². The Balaban J connectivity index is 2.58. The van der Waals surface area contributed by atoms with Gasteiger partial charge < -0.3 is 10.4 Å². The average molecular weight is 298 g/mol. The number of carbonyl (C=O) groups excluding carboxylic acids is 2. The number of amides is 2. The summed E-state index contributed by atoms with van der Waals surface area (Å²) in [6.45, 7) is 3.68. The van der Waals surface area contributed by atoms with Crippen molar-refractivity contribution in [2.75, 3.05) is 0 Å². The molecule has 0 saturated carbocycles. The van der Waals surface area contributed by atoms with E-state index in [1.165, 1.54) is 24.4 Å².